The maximum absolute atomic E-state index is 10.9. The Hall–Kier alpha value is -1.35. The zero-order valence-electron chi connectivity index (χ0n) is 10.2. The van der Waals surface area contributed by atoms with E-state index >= 15 is 0 Å². The molecule has 0 radical (unpaired) electrons. The third kappa shape index (κ3) is 4.45. The van der Waals surface area contributed by atoms with Gasteiger partial charge in [0.2, 0.25) is 5.91 Å². The van der Waals surface area contributed by atoms with Crippen LogP contribution in [0.5, 0.6) is 0 Å². The van der Waals surface area contributed by atoms with E-state index in [0.717, 1.165) is 6.42 Å². The summed E-state index contributed by atoms with van der Waals surface area (Å²) in [5.41, 5.74) is 1.30. The van der Waals surface area contributed by atoms with E-state index in [1.54, 1.807) is 6.92 Å². The summed E-state index contributed by atoms with van der Waals surface area (Å²) in [6.07, 6.45) is 0.952. The molecule has 1 unspecified atom stereocenters. The van der Waals surface area contributed by atoms with E-state index in [2.05, 4.69) is 22.3 Å². The van der Waals surface area contributed by atoms with Crippen LogP contribution < -0.4 is 5.32 Å². The molecular formula is C13H20N2O. The molecule has 0 heterocycles. The predicted molar refractivity (Wildman–Crippen MR) is 66.3 cm³/mol. The van der Waals surface area contributed by atoms with Gasteiger partial charge in [-0.3, -0.25) is 4.79 Å². The quantitative estimate of drug-likeness (QED) is 0.811. The standard InChI is InChI=1S/C13H20N2O/c1-11(16)14-10-13(15(2)3)9-12-7-5-4-6-8-12/h4-8,13H,9-10H2,1-3H3,(H,14,16). The van der Waals surface area contributed by atoms with Crippen molar-refractivity contribution >= 4 is 5.91 Å². The van der Waals surface area contributed by atoms with Crippen molar-refractivity contribution in [3.63, 3.8) is 0 Å². The molecule has 0 saturated carbocycles. The van der Waals surface area contributed by atoms with Gasteiger partial charge in [-0.05, 0) is 26.1 Å². The molecule has 0 bridgehead atoms. The number of nitrogens with zero attached hydrogens (tertiary/aromatic N) is 1. The van der Waals surface area contributed by atoms with E-state index in [1.165, 1.54) is 5.56 Å². The van der Waals surface area contributed by atoms with Crippen LogP contribution >= 0.6 is 0 Å². The molecule has 0 aliphatic carbocycles. The Balaban J connectivity index is 2.54. The Morgan fingerprint density at radius 1 is 1.31 bits per heavy atom. The number of benzene rings is 1. The molecule has 0 aliphatic rings. The van der Waals surface area contributed by atoms with Crippen LogP contribution in [-0.4, -0.2) is 37.5 Å². The highest BCUT2D eigenvalue weighted by molar-refractivity contribution is 5.72. The molecule has 16 heavy (non-hydrogen) atoms. The first-order valence-electron chi connectivity index (χ1n) is 5.54. The monoisotopic (exact) mass is 220 g/mol. The molecule has 0 aromatic heterocycles. The van der Waals surface area contributed by atoms with Crippen LogP contribution in [0.4, 0.5) is 0 Å². The summed E-state index contributed by atoms with van der Waals surface area (Å²) < 4.78 is 0. The first-order valence-corrected chi connectivity index (χ1v) is 5.54. The Labute approximate surface area is 97.5 Å². The lowest BCUT2D eigenvalue weighted by atomic mass is 10.1. The number of carbonyl (C=O) groups excluding carboxylic acids is 1. The van der Waals surface area contributed by atoms with Gasteiger partial charge >= 0.3 is 0 Å². The number of hydrogen-bond acceptors (Lipinski definition) is 2. The third-order valence-electron chi connectivity index (χ3n) is 2.63. The van der Waals surface area contributed by atoms with Crippen molar-refractivity contribution in [3.8, 4) is 0 Å². The summed E-state index contributed by atoms with van der Waals surface area (Å²) in [7, 11) is 4.07. The van der Waals surface area contributed by atoms with Crippen molar-refractivity contribution < 1.29 is 4.79 Å². The van der Waals surface area contributed by atoms with Gasteiger partial charge in [0.15, 0.2) is 0 Å². The average molecular weight is 220 g/mol. The van der Waals surface area contributed by atoms with Crippen LogP contribution in [-0.2, 0) is 11.2 Å². The lowest BCUT2D eigenvalue weighted by molar-refractivity contribution is -0.119. The number of rotatable bonds is 5. The lowest BCUT2D eigenvalue weighted by Crippen LogP contribution is -2.40. The van der Waals surface area contributed by atoms with Crippen LogP contribution in [0.1, 0.15) is 12.5 Å². The van der Waals surface area contributed by atoms with Gasteiger partial charge in [0.1, 0.15) is 0 Å². The number of nitrogens with one attached hydrogen (secondary N) is 1. The predicted octanol–water partition coefficient (Wildman–Crippen LogP) is 1.30. The maximum atomic E-state index is 10.9. The molecule has 1 N–H and O–H groups in total. The van der Waals surface area contributed by atoms with Gasteiger partial charge in [-0.2, -0.15) is 0 Å². The summed E-state index contributed by atoms with van der Waals surface area (Å²) >= 11 is 0. The van der Waals surface area contributed by atoms with Gasteiger partial charge in [-0.25, -0.2) is 0 Å². The lowest BCUT2D eigenvalue weighted by Gasteiger charge is -2.24. The van der Waals surface area contributed by atoms with Crippen LogP contribution in [0.2, 0.25) is 0 Å². The van der Waals surface area contributed by atoms with Crippen molar-refractivity contribution in [3.05, 3.63) is 35.9 Å². The molecule has 1 aromatic carbocycles. The normalized spacial score (nSPS) is 12.5. The van der Waals surface area contributed by atoms with E-state index in [0.29, 0.717) is 12.6 Å². The highest BCUT2D eigenvalue weighted by Crippen LogP contribution is 2.05. The van der Waals surface area contributed by atoms with Gasteiger partial charge in [-0.15, -0.1) is 0 Å². The zero-order chi connectivity index (χ0) is 12.0. The van der Waals surface area contributed by atoms with Gasteiger partial charge in [-0.1, -0.05) is 30.3 Å². The SMILES string of the molecule is CC(=O)NCC(Cc1ccccc1)N(C)C. The number of likely N-dealkylation sites (N-methyl/N-ethyl adjacent to an activating group) is 1. The highest BCUT2D eigenvalue weighted by Gasteiger charge is 2.12. The van der Waals surface area contributed by atoms with E-state index < -0.39 is 0 Å². The van der Waals surface area contributed by atoms with E-state index in [-0.39, 0.29) is 5.91 Å². The van der Waals surface area contributed by atoms with Gasteiger partial charge in [0.05, 0.1) is 0 Å². The Kier molecular flexibility index (Phi) is 4.99. The van der Waals surface area contributed by atoms with Crippen LogP contribution in [0.15, 0.2) is 30.3 Å². The highest BCUT2D eigenvalue weighted by atomic mass is 16.1. The fourth-order valence-electron chi connectivity index (χ4n) is 1.59. The largest absolute Gasteiger partial charge is 0.355 e. The fraction of sp³-hybridized carbons (Fsp3) is 0.462. The molecule has 3 nitrogen and oxygen atoms in total. The van der Waals surface area contributed by atoms with Crippen LogP contribution in [0, 0.1) is 0 Å². The Morgan fingerprint density at radius 2 is 1.94 bits per heavy atom. The van der Waals surface area contributed by atoms with E-state index in [1.807, 2.05) is 32.3 Å². The molecule has 1 rings (SSSR count). The van der Waals surface area contributed by atoms with E-state index in [4.69, 9.17) is 0 Å². The number of hydrogen-bond donors (Lipinski definition) is 1. The van der Waals surface area contributed by atoms with Crippen molar-refractivity contribution in [2.45, 2.75) is 19.4 Å². The molecule has 0 spiro atoms. The van der Waals surface area contributed by atoms with Crippen LogP contribution in [0.25, 0.3) is 0 Å². The van der Waals surface area contributed by atoms with Crippen molar-refractivity contribution in [2.24, 2.45) is 0 Å². The molecule has 3 heteroatoms. The minimum Gasteiger partial charge on any atom is -0.355 e. The number of amides is 1. The zero-order valence-corrected chi connectivity index (χ0v) is 10.2. The first-order chi connectivity index (χ1) is 7.59. The minimum absolute atomic E-state index is 0.0277. The molecule has 1 amide bonds. The molecular weight excluding hydrogens is 200 g/mol. The Morgan fingerprint density at radius 3 is 2.44 bits per heavy atom. The van der Waals surface area contributed by atoms with Crippen molar-refractivity contribution in [2.75, 3.05) is 20.6 Å². The molecule has 0 saturated heterocycles. The van der Waals surface area contributed by atoms with Gasteiger partial charge in [0.25, 0.3) is 0 Å². The fourth-order valence-corrected chi connectivity index (χ4v) is 1.59. The molecule has 1 atom stereocenters. The topological polar surface area (TPSA) is 32.3 Å². The summed E-state index contributed by atoms with van der Waals surface area (Å²) in [5.74, 6) is 0.0277. The summed E-state index contributed by atoms with van der Waals surface area (Å²) in [5, 5.41) is 2.87. The third-order valence-corrected chi connectivity index (χ3v) is 2.63. The molecule has 88 valence electrons. The van der Waals surface area contributed by atoms with Crippen molar-refractivity contribution in [1.29, 1.82) is 0 Å². The second kappa shape index (κ2) is 6.28. The molecule has 0 aliphatic heterocycles. The molecule has 0 fully saturated rings. The smallest absolute Gasteiger partial charge is 0.216 e. The van der Waals surface area contributed by atoms with E-state index in [9.17, 15) is 4.79 Å². The second-order valence-electron chi connectivity index (χ2n) is 4.24. The molecule has 1 aromatic rings. The first kappa shape index (κ1) is 12.7. The summed E-state index contributed by atoms with van der Waals surface area (Å²) in [6, 6.07) is 10.7. The number of carbonyl (C=O) groups is 1. The van der Waals surface area contributed by atoms with Gasteiger partial charge in [0, 0.05) is 19.5 Å². The Bertz CT molecular complexity index is 322. The van der Waals surface area contributed by atoms with Gasteiger partial charge < -0.3 is 10.2 Å². The summed E-state index contributed by atoms with van der Waals surface area (Å²) in [4.78, 5) is 13.0. The maximum Gasteiger partial charge on any atom is 0.216 e. The average Bonchev–Trinajstić information content (AvgIpc) is 2.25. The van der Waals surface area contributed by atoms with Crippen molar-refractivity contribution in [1.82, 2.24) is 10.2 Å². The minimum atomic E-state index is 0.0277. The second-order valence-corrected chi connectivity index (χ2v) is 4.24. The van der Waals surface area contributed by atoms with Crippen LogP contribution in [0.3, 0.4) is 0 Å². The summed E-state index contributed by atoms with van der Waals surface area (Å²) in [6.45, 7) is 2.24.